The summed E-state index contributed by atoms with van der Waals surface area (Å²) in [4.78, 5) is 5.47. The van der Waals surface area contributed by atoms with Crippen LogP contribution in [0.25, 0.3) is 10.9 Å². The molecule has 1 aliphatic rings. The van der Waals surface area contributed by atoms with Gasteiger partial charge in [0.05, 0.1) is 0 Å². The highest BCUT2D eigenvalue weighted by atomic mass is 16.5. The van der Waals surface area contributed by atoms with E-state index in [4.69, 9.17) is 9.94 Å². The number of aromatic nitrogens is 1. The molecule has 0 aliphatic carbocycles. The van der Waals surface area contributed by atoms with Gasteiger partial charge in [-0.25, -0.2) is 0 Å². The monoisotopic (exact) mass is 407 g/mol. The number of likely N-dealkylation sites (tertiary alicyclic amines) is 1. The Balaban J connectivity index is 1.32. The number of fused-ring (bicyclic) bond motifs is 1. The molecule has 30 heavy (non-hydrogen) atoms. The first kappa shape index (κ1) is 20.4. The number of aliphatic hydroxyl groups excluding tert-OH is 1. The van der Waals surface area contributed by atoms with Crippen molar-refractivity contribution in [2.45, 2.75) is 30.8 Å². The predicted molar refractivity (Wildman–Crippen MR) is 118 cm³/mol. The first-order valence-electron chi connectivity index (χ1n) is 10.5. The van der Waals surface area contributed by atoms with E-state index in [9.17, 15) is 5.11 Å². The van der Waals surface area contributed by atoms with Gasteiger partial charge in [-0.2, -0.15) is 0 Å². The second-order valence-corrected chi connectivity index (χ2v) is 8.11. The maximum atomic E-state index is 10.5. The molecule has 0 radical (unpaired) electrons. The van der Waals surface area contributed by atoms with Crippen molar-refractivity contribution >= 4 is 17.1 Å². The third-order valence-corrected chi connectivity index (χ3v) is 6.22. The van der Waals surface area contributed by atoms with Gasteiger partial charge in [0, 0.05) is 35.3 Å². The molecule has 1 aromatic heterocycles. The summed E-state index contributed by atoms with van der Waals surface area (Å²) in [6, 6.07) is 18.3. The average Bonchev–Trinajstić information content (AvgIpc) is 3.28. The van der Waals surface area contributed by atoms with Gasteiger partial charge in [0.2, 0.25) is 0 Å². The van der Waals surface area contributed by atoms with Gasteiger partial charge >= 0.3 is 0 Å². The molecule has 1 aliphatic heterocycles. The fourth-order valence-electron chi connectivity index (χ4n) is 4.50. The van der Waals surface area contributed by atoms with Crippen molar-refractivity contribution in [2.24, 2.45) is 5.16 Å². The molecule has 3 N–H and O–H groups in total. The lowest BCUT2D eigenvalue weighted by Gasteiger charge is -2.42. The maximum Gasteiger partial charge on any atom is 0.128 e. The molecule has 6 nitrogen and oxygen atoms in total. The number of piperidine rings is 1. The third-order valence-electron chi connectivity index (χ3n) is 6.22. The summed E-state index contributed by atoms with van der Waals surface area (Å²) in [5.41, 5.74) is 2.30. The molecular formula is C24H29N3O3. The van der Waals surface area contributed by atoms with Crippen LogP contribution in [0.2, 0.25) is 0 Å². The van der Waals surface area contributed by atoms with E-state index >= 15 is 0 Å². The minimum absolute atomic E-state index is 0.0185. The van der Waals surface area contributed by atoms with Crippen molar-refractivity contribution in [3.05, 3.63) is 66.4 Å². The normalized spacial score (nSPS) is 18.0. The van der Waals surface area contributed by atoms with Crippen molar-refractivity contribution in [2.75, 3.05) is 26.2 Å². The van der Waals surface area contributed by atoms with Crippen LogP contribution in [-0.2, 0) is 5.41 Å². The lowest BCUT2D eigenvalue weighted by atomic mass is 9.70. The van der Waals surface area contributed by atoms with Gasteiger partial charge in [-0.1, -0.05) is 36.4 Å². The second-order valence-electron chi connectivity index (χ2n) is 8.11. The Labute approximate surface area is 176 Å². The number of benzene rings is 2. The molecule has 3 aromatic rings. The van der Waals surface area contributed by atoms with Crippen molar-refractivity contribution in [3.8, 4) is 5.75 Å². The molecule has 1 atom stereocenters. The standard InChI is InChI=1S/C24H29N3O3/c28-20(18-30-23-8-4-7-22-21(23)9-13-25-22)17-27-15-11-24(12-16-27,10-14-26-29)19-5-2-1-3-6-19/h1-9,13-14,20,25,28-29H,10-12,15-18H2/t20-/m0/s1. The van der Waals surface area contributed by atoms with E-state index in [1.807, 2.05) is 36.5 Å². The van der Waals surface area contributed by atoms with E-state index < -0.39 is 6.10 Å². The zero-order valence-electron chi connectivity index (χ0n) is 17.1. The van der Waals surface area contributed by atoms with Gasteiger partial charge in [-0.05, 0) is 56.1 Å². The Bertz CT molecular complexity index is 962. The van der Waals surface area contributed by atoms with Gasteiger partial charge < -0.3 is 24.9 Å². The van der Waals surface area contributed by atoms with Crippen LogP contribution >= 0.6 is 0 Å². The number of rotatable bonds is 8. The van der Waals surface area contributed by atoms with Crippen LogP contribution in [0.5, 0.6) is 5.75 Å². The Morgan fingerprint density at radius 2 is 1.90 bits per heavy atom. The van der Waals surface area contributed by atoms with Gasteiger partial charge in [0.1, 0.15) is 18.5 Å². The van der Waals surface area contributed by atoms with Gasteiger partial charge in [0.25, 0.3) is 0 Å². The Morgan fingerprint density at radius 3 is 2.67 bits per heavy atom. The lowest BCUT2D eigenvalue weighted by molar-refractivity contribution is 0.0515. The summed E-state index contributed by atoms with van der Waals surface area (Å²) in [5.74, 6) is 0.790. The number of nitrogens with zero attached hydrogens (tertiary/aromatic N) is 2. The molecular weight excluding hydrogens is 378 g/mol. The second kappa shape index (κ2) is 9.32. The predicted octanol–water partition coefficient (Wildman–Crippen LogP) is 3.79. The summed E-state index contributed by atoms with van der Waals surface area (Å²) in [7, 11) is 0. The molecule has 0 bridgehead atoms. The maximum absolute atomic E-state index is 10.5. The third kappa shape index (κ3) is 4.50. The van der Waals surface area contributed by atoms with Crippen LogP contribution in [0, 0.1) is 0 Å². The molecule has 1 saturated heterocycles. The molecule has 2 aromatic carbocycles. The number of ether oxygens (including phenoxy) is 1. The van der Waals surface area contributed by atoms with Crippen molar-refractivity contribution in [1.82, 2.24) is 9.88 Å². The molecule has 6 heteroatoms. The minimum Gasteiger partial charge on any atom is -0.490 e. The molecule has 158 valence electrons. The van der Waals surface area contributed by atoms with Crippen LogP contribution in [0.4, 0.5) is 0 Å². The van der Waals surface area contributed by atoms with E-state index in [2.05, 4.69) is 39.3 Å². The van der Waals surface area contributed by atoms with Crippen LogP contribution in [0.1, 0.15) is 24.8 Å². The number of hydrogen-bond acceptors (Lipinski definition) is 5. The van der Waals surface area contributed by atoms with Gasteiger partial charge in [-0.15, -0.1) is 5.16 Å². The van der Waals surface area contributed by atoms with Gasteiger partial charge in [-0.3, -0.25) is 0 Å². The largest absolute Gasteiger partial charge is 0.490 e. The summed E-state index contributed by atoms with van der Waals surface area (Å²) < 4.78 is 5.90. The molecule has 0 unspecified atom stereocenters. The quantitative estimate of drug-likeness (QED) is 0.301. The molecule has 2 heterocycles. The summed E-state index contributed by atoms with van der Waals surface area (Å²) >= 11 is 0. The Morgan fingerprint density at radius 1 is 1.10 bits per heavy atom. The van der Waals surface area contributed by atoms with Crippen LogP contribution in [0.15, 0.2) is 65.9 Å². The van der Waals surface area contributed by atoms with Crippen molar-refractivity contribution in [1.29, 1.82) is 0 Å². The molecule has 4 rings (SSSR count). The molecule has 0 saturated carbocycles. The van der Waals surface area contributed by atoms with E-state index in [1.54, 1.807) is 6.21 Å². The summed E-state index contributed by atoms with van der Waals surface area (Å²) in [6.07, 6.45) is 5.57. The fourth-order valence-corrected chi connectivity index (χ4v) is 4.50. The lowest BCUT2D eigenvalue weighted by Crippen LogP contribution is -2.46. The Hall–Kier alpha value is -2.83. The van der Waals surface area contributed by atoms with Crippen molar-refractivity contribution in [3.63, 3.8) is 0 Å². The average molecular weight is 408 g/mol. The molecule has 0 spiro atoms. The smallest absolute Gasteiger partial charge is 0.128 e. The number of nitrogens with one attached hydrogen (secondary N) is 1. The highest BCUT2D eigenvalue weighted by molar-refractivity contribution is 5.85. The number of oxime groups is 1. The van der Waals surface area contributed by atoms with E-state index in [0.717, 1.165) is 42.6 Å². The fraction of sp³-hybridized carbons (Fsp3) is 0.375. The molecule has 1 fully saturated rings. The van der Waals surface area contributed by atoms with Crippen molar-refractivity contribution < 1.29 is 15.1 Å². The number of aliphatic hydroxyl groups is 1. The number of β-amino-alcohol motifs (C(OH)–C–C–N with tert-alkyl or cyclic N) is 1. The van der Waals surface area contributed by atoms with E-state index in [1.165, 1.54) is 5.56 Å². The van der Waals surface area contributed by atoms with Crippen LogP contribution in [0.3, 0.4) is 0 Å². The number of H-pyrrole nitrogens is 1. The first-order chi connectivity index (χ1) is 14.7. The van der Waals surface area contributed by atoms with Gasteiger partial charge in [0.15, 0.2) is 0 Å². The number of aromatic amines is 1. The highest BCUT2D eigenvalue weighted by Crippen LogP contribution is 2.38. The first-order valence-corrected chi connectivity index (χ1v) is 10.5. The zero-order valence-corrected chi connectivity index (χ0v) is 17.1. The highest BCUT2D eigenvalue weighted by Gasteiger charge is 2.35. The minimum atomic E-state index is -0.553. The summed E-state index contributed by atoms with van der Waals surface area (Å²) in [5, 5.41) is 23.8. The molecule has 0 amide bonds. The zero-order chi connectivity index (χ0) is 20.8. The number of hydrogen-bond donors (Lipinski definition) is 3. The topological polar surface area (TPSA) is 81.1 Å². The summed E-state index contributed by atoms with van der Waals surface area (Å²) in [6.45, 7) is 2.63. The van der Waals surface area contributed by atoms with E-state index in [0.29, 0.717) is 13.0 Å². The Kier molecular flexibility index (Phi) is 6.35. The van der Waals surface area contributed by atoms with E-state index in [-0.39, 0.29) is 12.0 Å². The van der Waals surface area contributed by atoms with Crippen LogP contribution in [-0.4, -0.2) is 58.8 Å². The SMILES string of the molecule is ON=CCC1(c2ccccc2)CCN(C[C@H](O)COc2cccc3[nH]ccc23)CC1. The van der Waals surface area contributed by atoms with Crippen LogP contribution < -0.4 is 4.74 Å².